The number of rotatable bonds is 3. The van der Waals surface area contributed by atoms with E-state index in [2.05, 4.69) is 21.2 Å². The standard InChI is InChI=1S/C11H14Cl2N4OS/c1-6(3-10(18)16-17-11(19)14-2)7-4-8(12)15-9(13)5-7/h4-6H,3H2,1-2H3,(H,16,18)(H2,14,17,19). The smallest absolute Gasteiger partial charge is 0.238 e. The van der Waals surface area contributed by atoms with E-state index in [-0.39, 0.29) is 18.2 Å². The minimum absolute atomic E-state index is 0.0389. The lowest BCUT2D eigenvalue weighted by molar-refractivity contribution is -0.121. The lowest BCUT2D eigenvalue weighted by Crippen LogP contribution is -2.45. The van der Waals surface area contributed by atoms with Crippen molar-refractivity contribution in [2.75, 3.05) is 7.05 Å². The Morgan fingerprint density at radius 1 is 1.37 bits per heavy atom. The highest BCUT2D eigenvalue weighted by Gasteiger charge is 2.13. The van der Waals surface area contributed by atoms with E-state index in [0.717, 1.165) is 5.56 Å². The maximum Gasteiger partial charge on any atom is 0.238 e. The molecule has 1 amide bonds. The van der Waals surface area contributed by atoms with Crippen LogP contribution in [0.15, 0.2) is 12.1 Å². The fraction of sp³-hybridized carbons (Fsp3) is 0.364. The summed E-state index contributed by atoms with van der Waals surface area (Å²) in [7, 11) is 1.66. The van der Waals surface area contributed by atoms with Gasteiger partial charge in [-0.1, -0.05) is 30.1 Å². The van der Waals surface area contributed by atoms with E-state index in [0.29, 0.717) is 15.4 Å². The highest BCUT2D eigenvalue weighted by molar-refractivity contribution is 7.80. The van der Waals surface area contributed by atoms with E-state index >= 15 is 0 Å². The Morgan fingerprint density at radius 3 is 2.47 bits per heavy atom. The van der Waals surface area contributed by atoms with E-state index in [4.69, 9.17) is 35.4 Å². The Balaban J connectivity index is 2.56. The summed E-state index contributed by atoms with van der Waals surface area (Å²) in [4.78, 5) is 15.5. The van der Waals surface area contributed by atoms with Crippen LogP contribution in [0.25, 0.3) is 0 Å². The molecule has 104 valence electrons. The Kier molecular flexibility index (Phi) is 6.27. The highest BCUT2D eigenvalue weighted by atomic mass is 35.5. The number of hydrogen-bond donors (Lipinski definition) is 3. The SMILES string of the molecule is CNC(=S)NNC(=O)CC(C)c1cc(Cl)nc(Cl)c1. The second-order valence-corrected chi connectivity index (χ2v) is 5.09. The van der Waals surface area contributed by atoms with Crippen LogP contribution in [0.3, 0.4) is 0 Å². The molecule has 1 rings (SSSR count). The molecule has 0 bridgehead atoms. The van der Waals surface area contributed by atoms with Crippen LogP contribution in [0.2, 0.25) is 10.3 Å². The van der Waals surface area contributed by atoms with Crippen LogP contribution in [0, 0.1) is 0 Å². The molecular formula is C11H14Cl2N4OS. The molecule has 0 saturated carbocycles. The van der Waals surface area contributed by atoms with Crippen molar-refractivity contribution in [1.29, 1.82) is 0 Å². The molecule has 0 spiro atoms. The highest BCUT2D eigenvalue weighted by Crippen LogP contribution is 2.23. The Morgan fingerprint density at radius 2 is 1.95 bits per heavy atom. The third-order valence-electron chi connectivity index (χ3n) is 2.39. The minimum Gasteiger partial charge on any atom is -0.364 e. The van der Waals surface area contributed by atoms with Crippen LogP contribution in [-0.4, -0.2) is 23.1 Å². The zero-order chi connectivity index (χ0) is 14.4. The molecule has 0 aromatic carbocycles. The van der Waals surface area contributed by atoms with Crippen molar-refractivity contribution >= 4 is 46.4 Å². The van der Waals surface area contributed by atoms with Crippen molar-refractivity contribution in [3.63, 3.8) is 0 Å². The van der Waals surface area contributed by atoms with Crippen molar-refractivity contribution in [3.05, 3.63) is 28.0 Å². The number of carbonyl (C=O) groups is 1. The van der Waals surface area contributed by atoms with Crippen LogP contribution in [0.1, 0.15) is 24.8 Å². The number of pyridine rings is 1. The number of aromatic nitrogens is 1. The number of amides is 1. The minimum atomic E-state index is -0.186. The molecule has 8 heteroatoms. The number of nitrogens with zero attached hydrogens (tertiary/aromatic N) is 1. The number of halogens is 2. The van der Waals surface area contributed by atoms with Crippen LogP contribution in [-0.2, 0) is 4.79 Å². The normalized spacial score (nSPS) is 11.6. The summed E-state index contributed by atoms with van der Waals surface area (Å²) >= 11 is 16.5. The maximum absolute atomic E-state index is 11.7. The zero-order valence-electron chi connectivity index (χ0n) is 10.5. The molecule has 1 atom stereocenters. The molecule has 1 aromatic rings. The molecule has 0 saturated heterocycles. The number of hydrogen-bond acceptors (Lipinski definition) is 3. The van der Waals surface area contributed by atoms with Gasteiger partial charge in [0.1, 0.15) is 10.3 Å². The van der Waals surface area contributed by atoms with Gasteiger partial charge in [-0.25, -0.2) is 4.98 Å². The van der Waals surface area contributed by atoms with Crippen molar-refractivity contribution in [3.8, 4) is 0 Å². The molecule has 0 aliphatic carbocycles. The average molecular weight is 321 g/mol. The first-order chi connectivity index (χ1) is 8.92. The van der Waals surface area contributed by atoms with Crippen molar-refractivity contribution in [2.24, 2.45) is 0 Å². The largest absolute Gasteiger partial charge is 0.364 e. The summed E-state index contributed by atoms with van der Waals surface area (Å²) < 4.78 is 0. The summed E-state index contributed by atoms with van der Waals surface area (Å²) in [6.45, 7) is 1.90. The average Bonchev–Trinajstić information content (AvgIpc) is 2.34. The van der Waals surface area contributed by atoms with Gasteiger partial charge in [-0.15, -0.1) is 0 Å². The monoisotopic (exact) mass is 320 g/mol. The van der Waals surface area contributed by atoms with Gasteiger partial charge in [0, 0.05) is 13.5 Å². The molecule has 0 fully saturated rings. The molecule has 0 aliphatic heterocycles. The maximum atomic E-state index is 11.7. The van der Waals surface area contributed by atoms with Crippen LogP contribution in [0.4, 0.5) is 0 Å². The van der Waals surface area contributed by atoms with Gasteiger partial charge in [0.15, 0.2) is 5.11 Å². The van der Waals surface area contributed by atoms with Gasteiger partial charge >= 0.3 is 0 Å². The molecule has 1 aromatic heterocycles. The Labute approximate surface area is 127 Å². The molecule has 3 N–H and O–H groups in total. The number of hydrazine groups is 1. The van der Waals surface area contributed by atoms with E-state index in [1.807, 2.05) is 6.92 Å². The first-order valence-electron chi connectivity index (χ1n) is 5.52. The summed E-state index contributed by atoms with van der Waals surface area (Å²) in [5.41, 5.74) is 5.91. The quantitative estimate of drug-likeness (QED) is 0.451. The van der Waals surface area contributed by atoms with E-state index in [9.17, 15) is 4.79 Å². The fourth-order valence-corrected chi connectivity index (χ4v) is 1.93. The fourth-order valence-electron chi connectivity index (χ4n) is 1.40. The van der Waals surface area contributed by atoms with Crippen LogP contribution < -0.4 is 16.2 Å². The zero-order valence-corrected chi connectivity index (χ0v) is 12.8. The number of thiocarbonyl (C=S) groups is 1. The van der Waals surface area contributed by atoms with E-state index in [1.165, 1.54) is 0 Å². The van der Waals surface area contributed by atoms with Gasteiger partial charge in [0.2, 0.25) is 5.91 Å². The number of carbonyl (C=O) groups excluding carboxylic acids is 1. The first kappa shape index (κ1) is 15.9. The van der Waals surface area contributed by atoms with Gasteiger partial charge < -0.3 is 5.32 Å². The van der Waals surface area contributed by atoms with Crippen LogP contribution >= 0.6 is 35.4 Å². The van der Waals surface area contributed by atoms with Crippen LogP contribution in [0.5, 0.6) is 0 Å². The molecule has 0 aliphatic rings. The van der Waals surface area contributed by atoms with Crippen molar-refractivity contribution in [2.45, 2.75) is 19.3 Å². The molecule has 19 heavy (non-hydrogen) atoms. The lowest BCUT2D eigenvalue weighted by Gasteiger charge is -2.13. The van der Waals surface area contributed by atoms with Gasteiger partial charge in [-0.2, -0.15) is 0 Å². The summed E-state index contributed by atoms with van der Waals surface area (Å²) in [5.74, 6) is -0.225. The summed E-state index contributed by atoms with van der Waals surface area (Å²) in [5, 5.41) is 3.65. The van der Waals surface area contributed by atoms with E-state index in [1.54, 1.807) is 19.2 Å². The molecule has 5 nitrogen and oxygen atoms in total. The second kappa shape index (κ2) is 7.47. The first-order valence-corrected chi connectivity index (χ1v) is 6.68. The van der Waals surface area contributed by atoms with Gasteiger partial charge in [0.05, 0.1) is 0 Å². The summed E-state index contributed by atoms with van der Waals surface area (Å²) in [6, 6.07) is 3.38. The van der Waals surface area contributed by atoms with Crippen molar-refractivity contribution in [1.82, 2.24) is 21.2 Å². The second-order valence-electron chi connectivity index (χ2n) is 3.90. The third kappa shape index (κ3) is 5.59. The summed E-state index contributed by atoms with van der Waals surface area (Å²) in [6.07, 6.45) is 0.274. The molecule has 0 radical (unpaired) electrons. The Bertz CT molecular complexity index is 464. The van der Waals surface area contributed by atoms with Gasteiger partial charge in [0.25, 0.3) is 0 Å². The van der Waals surface area contributed by atoms with E-state index < -0.39 is 0 Å². The van der Waals surface area contributed by atoms with Gasteiger partial charge in [-0.05, 0) is 35.8 Å². The molecular weight excluding hydrogens is 307 g/mol. The van der Waals surface area contributed by atoms with Crippen molar-refractivity contribution < 1.29 is 4.79 Å². The number of nitrogens with one attached hydrogen (secondary N) is 3. The van der Waals surface area contributed by atoms with Gasteiger partial charge in [-0.3, -0.25) is 15.6 Å². The Hall–Kier alpha value is -1.11. The predicted molar refractivity (Wildman–Crippen MR) is 80.2 cm³/mol. The molecule has 1 heterocycles. The lowest BCUT2D eigenvalue weighted by atomic mass is 9.99. The molecule has 1 unspecified atom stereocenters. The predicted octanol–water partition coefficient (Wildman–Crippen LogP) is 2.01. The topological polar surface area (TPSA) is 66.0 Å². The third-order valence-corrected chi connectivity index (χ3v) is 3.08.